The molecule has 1 rings (SSSR count). The highest BCUT2D eigenvalue weighted by Gasteiger charge is 2.33. The smallest absolute Gasteiger partial charge is 0.261 e. The third-order valence-electron chi connectivity index (χ3n) is 1.81. The van der Waals surface area contributed by atoms with E-state index >= 15 is 0 Å². The number of hydrogen-bond acceptors (Lipinski definition) is 1. The molecule has 0 aliphatic heterocycles. The summed E-state index contributed by atoms with van der Waals surface area (Å²) in [5.41, 5.74) is 0.297. The molecule has 72 valence electrons. The summed E-state index contributed by atoms with van der Waals surface area (Å²) in [6.45, 7) is 3.38. The van der Waals surface area contributed by atoms with Gasteiger partial charge in [0.1, 0.15) is 0 Å². The Bertz CT molecular complexity index is 304. The van der Waals surface area contributed by atoms with Gasteiger partial charge in [-0.15, -0.1) is 0 Å². The molecule has 0 unspecified atom stereocenters. The Morgan fingerprint density at radius 2 is 2.00 bits per heavy atom. The van der Waals surface area contributed by atoms with Crippen LogP contribution in [0.2, 0.25) is 0 Å². The normalized spacial score (nSPS) is 11.8. The van der Waals surface area contributed by atoms with Crippen molar-refractivity contribution in [3.63, 3.8) is 0 Å². The number of aromatic nitrogens is 1. The van der Waals surface area contributed by atoms with Gasteiger partial charge in [-0.25, -0.2) is 0 Å². The van der Waals surface area contributed by atoms with Gasteiger partial charge in [0.05, 0.1) is 5.56 Å². The molecule has 1 aromatic rings. The number of pyridine rings is 1. The quantitative estimate of drug-likeness (QED) is 0.661. The molecule has 1 heterocycles. The van der Waals surface area contributed by atoms with E-state index in [2.05, 4.69) is 4.98 Å². The van der Waals surface area contributed by atoms with Crippen LogP contribution < -0.4 is 0 Å². The zero-order valence-corrected chi connectivity index (χ0v) is 7.44. The Balaban J connectivity index is 3.22. The first kappa shape index (κ1) is 10.0. The summed E-state index contributed by atoms with van der Waals surface area (Å²) in [5.74, 6) is 0. The Morgan fingerprint density at radius 3 is 2.46 bits per heavy atom. The number of hydrogen-bond donors (Lipinski definition) is 0. The van der Waals surface area contributed by atoms with E-state index < -0.39 is 11.7 Å². The molecular weight excluding hydrogens is 179 g/mol. The number of aryl methyl sites for hydroxylation is 2. The van der Waals surface area contributed by atoms with E-state index in [-0.39, 0.29) is 0 Å². The maximum absolute atomic E-state index is 12.3. The highest BCUT2D eigenvalue weighted by atomic mass is 19.4. The van der Waals surface area contributed by atoms with Crippen molar-refractivity contribution in [2.24, 2.45) is 0 Å². The molecule has 0 bridgehead atoms. The molecule has 0 radical (unpaired) electrons. The summed E-state index contributed by atoms with van der Waals surface area (Å²) in [4.78, 5) is 3.63. The lowest BCUT2D eigenvalue weighted by atomic mass is 10.1. The number of halogens is 3. The fourth-order valence-corrected chi connectivity index (χ4v) is 1.16. The van der Waals surface area contributed by atoms with Gasteiger partial charge in [0.15, 0.2) is 0 Å². The van der Waals surface area contributed by atoms with Crippen molar-refractivity contribution in [3.05, 3.63) is 29.1 Å². The van der Waals surface area contributed by atoms with Crippen LogP contribution in [0.3, 0.4) is 0 Å². The third kappa shape index (κ3) is 2.20. The van der Waals surface area contributed by atoms with Gasteiger partial charge in [0, 0.05) is 11.9 Å². The van der Waals surface area contributed by atoms with Gasteiger partial charge in [-0.05, 0) is 25.0 Å². The SMILES string of the molecule is CCc1cc(C)ncc1C(F)(F)F. The maximum atomic E-state index is 12.3. The Kier molecular flexibility index (Phi) is 2.59. The molecule has 0 aromatic carbocycles. The van der Waals surface area contributed by atoms with Crippen molar-refractivity contribution in [3.8, 4) is 0 Å². The average Bonchev–Trinajstić information content (AvgIpc) is 2.01. The van der Waals surface area contributed by atoms with Crippen LogP contribution in [0.1, 0.15) is 23.7 Å². The van der Waals surface area contributed by atoms with Crippen LogP contribution in [0.4, 0.5) is 13.2 Å². The minimum absolute atomic E-state index is 0.306. The van der Waals surface area contributed by atoms with Crippen LogP contribution >= 0.6 is 0 Å². The van der Waals surface area contributed by atoms with Crippen molar-refractivity contribution < 1.29 is 13.2 Å². The minimum Gasteiger partial charge on any atom is -0.261 e. The number of nitrogens with zero attached hydrogens (tertiary/aromatic N) is 1. The standard InChI is InChI=1S/C9H10F3N/c1-3-7-4-6(2)13-5-8(7)9(10,11)12/h4-5H,3H2,1-2H3. The largest absolute Gasteiger partial charge is 0.418 e. The second-order valence-corrected chi connectivity index (χ2v) is 2.83. The molecule has 0 aliphatic rings. The lowest BCUT2D eigenvalue weighted by Crippen LogP contribution is -2.09. The van der Waals surface area contributed by atoms with Crippen molar-refractivity contribution in [1.29, 1.82) is 0 Å². The van der Waals surface area contributed by atoms with E-state index in [9.17, 15) is 13.2 Å². The van der Waals surface area contributed by atoms with E-state index in [1.54, 1.807) is 13.8 Å². The van der Waals surface area contributed by atoms with Crippen LogP contribution in [-0.4, -0.2) is 4.98 Å². The zero-order chi connectivity index (χ0) is 10.1. The molecule has 0 atom stereocenters. The zero-order valence-electron chi connectivity index (χ0n) is 7.44. The Labute approximate surface area is 74.6 Å². The molecule has 1 nitrogen and oxygen atoms in total. The van der Waals surface area contributed by atoms with Crippen molar-refractivity contribution in [1.82, 2.24) is 4.98 Å². The number of rotatable bonds is 1. The molecule has 0 fully saturated rings. The average molecular weight is 189 g/mol. The first-order valence-electron chi connectivity index (χ1n) is 3.98. The lowest BCUT2D eigenvalue weighted by molar-refractivity contribution is -0.138. The topological polar surface area (TPSA) is 12.9 Å². The van der Waals surface area contributed by atoms with Crippen LogP contribution in [0.25, 0.3) is 0 Å². The van der Waals surface area contributed by atoms with E-state index in [4.69, 9.17) is 0 Å². The number of alkyl halides is 3. The van der Waals surface area contributed by atoms with Crippen LogP contribution in [0.5, 0.6) is 0 Å². The second-order valence-electron chi connectivity index (χ2n) is 2.83. The molecule has 0 amide bonds. The molecule has 1 aromatic heterocycles. The highest BCUT2D eigenvalue weighted by molar-refractivity contribution is 5.28. The predicted molar refractivity (Wildman–Crippen MR) is 43.4 cm³/mol. The van der Waals surface area contributed by atoms with Crippen LogP contribution in [-0.2, 0) is 12.6 Å². The summed E-state index contributed by atoms with van der Waals surface area (Å²) in [7, 11) is 0. The summed E-state index contributed by atoms with van der Waals surface area (Å²) >= 11 is 0. The molecule has 0 aliphatic carbocycles. The molecule has 0 saturated heterocycles. The molecule has 0 N–H and O–H groups in total. The molecule has 4 heteroatoms. The minimum atomic E-state index is -4.29. The Hall–Kier alpha value is -1.06. The lowest BCUT2D eigenvalue weighted by Gasteiger charge is -2.11. The van der Waals surface area contributed by atoms with E-state index in [1.165, 1.54) is 6.07 Å². The fraction of sp³-hybridized carbons (Fsp3) is 0.444. The first-order chi connectivity index (χ1) is 5.95. The Morgan fingerprint density at radius 1 is 1.38 bits per heavy atom. The maximum Gasteiger partial charge on any atom is 0.418 e. The van der Waals surface area contributed by atoms with Gasteiger partial charge < -0.3 is 0 Å². The van der Waals surface area contributed by atoms with Gasteiger partial charge in [-0.1, -0.05) is 6.92 Å². The molecule has 0 spiro atoms. The predicted octanol–water partition coefficient (Wildman–Crippen LogP) is 2.97. The summed E-state index contributed by atoms with van der Waals surface area (Å²) in [6.07, 6.45) is -3.02. The van der Waals surface area contributed by atoms with E-state index in [1.807, 2.05) is 0 Å². The van der Waals surface area contributed by atoms with E-state index in [0.717, 1.165) is 6.20 Å². The monoisotopic (exact) mass is 189 g/mol. The van der Waals surface area contributed by atoms with E-state index in [0.29, 0.717) is 17.7 Å². The fourth-order valence-electron chi connectivity index (χ4n) is 1.16. The van der Waals surface area contributed by atoms with Crippen molar-refractivity contribution >= 4 is 0 Å². The first-order valence-corrected chi connectivity index (χ1v) is 3.98. The second kappa shape index (κ2) is 3.36. The van der Waals surface area contributed by atoms with Gasteiger partial charge in [0.2, 0.25) is 0 Å². The van der Waals surface area contributed by atoms with Crippen molar-refractivity contribution in [2.75, 3.05) is 0 Å². The molecule has 0 saturated carbocycles. The molecule has 13 heavy (non-hydrogen) atoms. The summed E-state index contributed by atoms with van der Waals surface area (Å²) in [5, 5.41) is 0. The summed E-state index contributed by atoms with van der Waals surface area (Å²) in [6, 6.07) is 1.48. The highest BCUT2D eigenvalue weighted by Crippen LogP contribution is 2.31. The van der Waals surface area contributed by atoms with Gasteiger partial charge in [0.25, 0.3) is 0 Å². The van der Waals surface area contributed by atoms with Crippen LogP contribution in [0.15, 0.2) is 12.3 Å². The van der Waals surface area contributed by atoms with Crippen LogP contribution in [0, 0.1) is 6.92 Å². The summed E-state index contributed by atoms with van der Waals surface area (Å²) < 4.78 is 37.0. The van der Waals surface area contributed by atoms with Gasteiger partial charge >= 0.3 is 6.18 Å². The van der Waals surface area contributed by atoms with Crippen molar-refractivity contribution in [2.45, 2.75) is 26.4 Å². The molecular formula is C9H10F3N. The van der Waals surface area contributed by atoms with Gasteiger partial charge in [-0.3, -0.25) is 4.98 Å². The van der Waals surface area contributed by atoms with Gasteiger partial charge in [-0.2, -0.15) is 13.2 Å². The third-order valence-corrected chi connectivity index (χ3v) is 1.81.